The number of hydrogen-bond acceptors (Lipinski definition) is 4. The molecule has 1 amide bonds. The fraction of sp³-hybridized carbons (Fsp3) is 0.235. The maximum absolute atomic E-state index is 12.3. The standard InChI is InChI=1S/C17H18INO4/c1-21-8-9-23-14-5-3-4-13(11-14)19-17(20)12-6-7-16(22-2)15(18)10-12/h3-7,10-11H,8-9H2,1-2H3,(H,19,20). The lowest BCUT2D eigenvalue weighted by atomic mass is 10.2. The van der Waals surface area contributed by atoms with E-state index in [-0.39, 0.29) is 5.91 Å². The van der Waals surface area contributed by atoms with Crippen molar-refractivity contribution in [1.29, 1.82) is 0 Å². The predicted molar refractivity (Wildman–Crippen MR) is 97.5 cm³/mol. The van der Waals surface area contributed by atoms with Gasteiger partial charge in [0.1, 0.15) is 18.1 Å². The van der Waals surface area contributed by atoms with E-state index in [1.807, 2.05) is 18.2 Å². The first kappa shape index (κ1) is 17.6. The fourth-order valence-electron chi connectivity index (χ4n) is 1.92. The van der Waals surface area contributed by atoms with Crippen molar-refractivity contribution in [3.63, 3.8) is 0 Å². The van der Waals surface area contributed by atoms with E-state index >= 15 is 0 Å². The molecule has 0 aliphatic heterocycles. The largest absolute Gasteiger partial charge is 0.496 e. The van der Waals surface area contributed by atoms with Gasteiger partial charge in [0, 0.05) is 24.4 Å². The number of anilines is 1. The lowest BCUT2D eigenvalue weighted by Crippen LogP contribution is -2.12. The van der Waals surface area contributed by atoms with Crippen molar-refractivity contribution in [2.45, 2.75) is 0 Å². The normalized spacial score (nSPS) is 10.2. The van der Waals surface area contributed by atoms with Gasteiger partial charge in [-0.1, -0.05) is 6.07 Å². The van der Waals surface area contributed by atoms with Crippen LogP contribution in [0.25, 0.3) is 0 Å². The molecule has 5 nitrogen and oxygen atoms in total. The highest BCUT2D eigenvalue weighted by Gasteiger charge is 2.09. The molecule has 2 aromatic rings. The van der Waals surface area contributed by atoms with E-state index in [4.69, 9.17) is 14.2 Å². The lowest BCUT2D eigenvalue weighted by molar-refractivity contribution is 0.102. The Balaban J connectivity index is 2.05. The van der Waals surface area contributed by atoms with Crippen LogP contribution in [0.1, 0.15) is 10.4 Å². The summed E-state index contributed by atoms with van der Waals surface area (Å²) in [7, 11) is 3.22. The van der Waals surface area contributed by atoms with Crippen molar-refractivity contribution < 1.29 is 19.0 Å². The van der Waals surface area contributed by atoms with Crippen molar-refractivity contribution in [1.82, 2.24) is 0 Å². The molecular weight excluding hydrogens is 409 g/mol. The zero-order valence-corrected chi connectivity index (χ0v) is 15.1. The van der Waals surface area contributed by atoms with Gasteiger partial charge in [0.2, 0.25) is 0 Å². The smallest absolute Gasteiger partial charge is 0.255 e. The molecule has 0 bridgehead atoms. The molecule has 0 aliphatic carbocycles. The monoisotopic (exact) mass is 427 g/mol. The third kappa shape index (κ3) is 5.11. The Bertz CT molecular complexity index is 675. The zero-order valence-electron chi connectivity index (χ0n) is 13.0. The van der Waals surface area contributed by atoms with Crippen LogP contribution in [-0.4, -0.2) is 33.3 Å². The summed E-state index contributed by atoms with van der Waals surface area (Å²) in [6.07, 6.45) is 0. The van der Waals surface area contributed by atoms with Crippen LogP contribution >= 0.6 is 22.6 Å². The highest BCUT2D eigenvalue weighted by Crippen LogP contribution is 2.23. The molecule has 6 heteroatoms. The summed E-state index contributed by atoms with van der Waals surface area (Å²) in [6, 6.07) is 12.6. The van der Waals surface area contributed by atoms with Crippen LogP contribution in [0.3, 0.4) is 0 Å². The minimum absolute atomic E-state index is 0.181. The Labute approximate surface area is 149 Å². The molecule has 122 valence electrons. The van der Waals surface area contributed by atoms with Gasteiger partial charge in [0.15, 0.2) is 0 Å². The van der Waals surface area contributed by atoms with Crippen molar-refractivity contribution in [3.8, 4) is 11.5 Å². The summed E-state index contributed by atoms with van der Waals surface area (Å²) in [5.41, 5.74) is 1.25. The summed E-state index contributed by atoms with van der Waals surface area (Å²) in [6.45, 7) is 0.978. The van der Waals surface area contributed by atoms with Gasteiger partial charge in [0.25, 0.3) is 5.91 Å². The van der Waals surface area contributed by atoms with Crippen molar-refractivity contribution >= 4 is 34.2 Å². The molecule has 0 saturated heterocycles. The summed E-state index contributed by atoms with van der Waals surface area (Å²) >= 11 is 2.14. The lowest BCUT2D eigenvalue weighted by Gasteiger charge is -2.10. The minimum atomic E-state index is -0.181. The number of hydrogen-bond donors (Lipinski definition) is 1. The molecule has 23 heavy (non-hydrogen) atoms. The van der Waals surface area contributed by atoms with Crippen LogP contribution < -0.4 is 14.8 Å². The van der Waals surface area contributed by atoms with Gasteiger partial charge in [-0.05, 0) is 52.9 Å². The SMILES string of the molecule is COCCOc1cccc(NC(=O)c2ccc(OC)c(I)c2)c1. The second-order valence-electron chi connectivity index (χ2n) is 4.67. The van der Waals surface area contributed by atoms with Crippen LogP contribution in [0, 0.1) is 3.57 Å². The number of benzene rings is 2. The highest BCUT2D eigenvalue weighted by atomic mass is 127. The van der Waals surface area contributed by atoms with Crippen LogP contribution in [0.5, 0.6) is 11.5 Å². The number of ether oxygens (including phenoxy) is 3. The van der Waals surface area contributed by atoms with E-state index in [1.54, 1.807) is 38.5 Å². The molecule has 0 aliphatic rings. The van der Waals surface area contributed by atoms with Crippen molar-refractivity contribution in [2.75, 3.05) is 32.8 Å². The highest BCUT2D eigenvalue weighted by molar-refractivity contribution is 14.1. The van der Waals surface area contributed by atoms with Gasteiger partial charge in [-0.15, -0.1) is 0 Å². The fourth-order valence-corrected chi connectivity index (χ4v) is 2.65. The number of nitrogens with one attached hydrogen (secondary N) is 1. The Morgan fingerprint density at radius 1 is 1.13 bits per heavy atom. The van der Waals surface area contributed by atoms with Gasteiger partial charge < -0.3 is 19.5 Å². The first-order valence-electron chi connectivity index (χ1n) is 7.00. The van der Waals surface area contributed by atoms with E-state index in [2.05, 4.69) is 27.9 Å². The topological polar surface area (TPSA) is 56.8 Å². The summed E-state index contributed by atoms with van der Waals surface area (Å²) in [5.74, 6) is 1.25. The first-order valence-corrected chi connectivity index (χ1v) is 8.08. The third-order valence-corrected chi connectivity index (χ3v) is 3.91. The van der Waals surface area contributed by atoms with E-state index in [0.29, 0.717) is 30.2 Å². The molecule has 0 spiro atoms. The quantitative estimate of drug-likeness (QED) is 0.542. The summed E-state index contributed by atoms with van der Waals surface area (Å²) in [4.78, 5) is 12.3. The average molecular weight is 427 g/mol. The van der Waals surface area contributed by atoms with E-state index in [0.717, 1.165) is 9.32 Å². The maximum atomic E-state index is 12.3. The summed E-state index contributed by atoms with van der Waals surface area (Å²) < 4.78 is 16.5. The molecule has 0 aromatic heterocycles. The molecule has 0 saturated carbocycles. The molecular formula is C17H18INO4. The number of carbonyl (C=O) groups is 1. The van der Waals surface area contributed by atoms with Gasteiger partial charge in [-0.25, -0.2) is 0 Å². The number of methoxy groups -OCH3 is 2. The molecule has 0 heterocycles. The third-order valence-electron chi connectivity index (χ3n) is 3.06. The number of amides is 1. The van der Waals surface area contributed by atoms with Crippen LogP contribution in [0.15, 0.2) is 42.5 Å². The van der Waals surface area contributed by atoms with Crippen molar-refractivity contribution in [3.05, 3.63) is 51.6 Å². The number of halogens is 1. The van der Waals surface area contributed by atoms with E-state index < -0.39 is 0 Å². The van der Waals surface area contributed by atoms with E-state index in [1.165, 1.54) is 0 Å². The Morgan fingerprint density at radius 3 is 2.65 bits per heavy atom. The maximum Gasteiger partial charge on any atom is 0.255 e. The van der Waals surface area contributed by atoms with Gasteiger partial charge in [-0.3, -0.25) is 4.79 Å². The first-order chi connectivity index (χ1) is 11.1. The molecule has 0 unspecified atom stereocenters. The van der Waals surface area contributed by atoms with Crippen LogP contribution in [-0.2, 0) is 4.74 Å². The van der Waals surface area contributed by atoms with Crippen molar-refractivity contribution in [2.24, 2.45) is 0 Å². The molecule has 0 radical (unpaired) electrons. The number of rotatable bonds is 7. The molecule has 1 N–H and O–H groups in total. The average Bonchev–Trinajstić information content (AvgIpc) is 2.55. The van der Waals surface area contributed by atoms with Crippen LogP contribution in [0.4, 0.5) is 5.69 Å². The molecule has 2 aromatic carbocycles. The Morgan fingerprint density at radius 2 is 1.96 bits per heavy atom. The van der Waals surface area contributed by atoms with Gasteiger partial charge >= 0.3 is 0 Å². The molecule has 0 atom stereocenters. The second kappa shape index (κ2) is 8.73. The summed E-state index contributed by atoms with van der Waals surface area (Å²) in [5, 5.41) is 2.86. The predicted octanol–water partition coefficient (Wildman–Crippen LogP) is 3.58. The van der Waals surface area contributed by atoms with E-state index in [9.17, 15) is 4.79 Å². The molecule has 2 rings (SSSR count). The van der Waals surface area contributed by atoms with Crippen LogP contribution in [0.2, 0.25) is 0 Å². The minimum Gasteiger partial charge on any atom is -0.496 e. The van der Waals surface area contributed by atoms with Gasteiger partial charge in [-0.2, -0.15) is 0 Å². The molecule has 0 fully saturated rings. The Kier molecular flexibility index (Phi) is 6.66. The van der Waals surface area contributed by atoms with Gasteiger partial charge in [0.05, 0.1) is 17.3 Å². The zero-order chi connectivity index (χ0) is 16.7. The number of carbonyl (C=O) groups excluding carboxylic acids is 1. The Hall–Kier alpha value is -1.80. The second-order valence-corrected chi connectivity index (χ2v) is 5.83.